The number of amides is 1. The Bertz CT molecular complexity index is 1130. The van der Waals surface area contributed by atoms with Gasteiger partial charge in [-0.25, -0.2) is 0 Å². The van der Waals surface area contributed by atoms with Gasteiger partial charge in [0, 0.05) is 31.2 Å². The number of nitrogens with one attached hydrogen (secondary N) is 1. The molecule has 1 aliphatic heterocycles. The Kier molecular flexibility index (Phi) is 5.59. The lowest BCUT2D eigenvalue weighted by Gasteiger charge is -2.33. The molecule has 0 bridgehead atoms. The highest BCUT2D eigenvalue weighted by atomic mass is 35.5. The number of carbonyl (C=O) groups excluding carboxylic acids is 1. The van der Waals surface area contributed by atoms with E-state index < -0.39 is 0 Å². The molecule has 0 spiro atoms. The van der Waals surface area contributed by atoms with E-state index in [0.29, 0.717) is 15.6 Å². The summed E-state index contributed by atoms with van der Waals surface area (Å²) in [6.45, 7) is 1.62. The van der Waals surface area contributed by atoms with E-state index in [4.69, 9.17) is 23.2 Å². The van der Waals surface area contributed by atoms with E-state index in [0.717, 1.165) is 50.5 Å². The van der Waals surface area contributed by atoms with Crippen LogP contribution < -0.4 is 10.2 Å². The molecular weight excluding hydrogens is 445 g/mol. The summed E-state index contributed by atoms with van der Waals surface area (Å²) in [6, 6.07) is 15.6. The van der Waals surface area contributed by atoms with E-state index in [1.807, 2.05) is 6.07 Å². The lowest BCUT2D eigenvalue weighted by molar-refractivity contribution is 0.0931. The Hall–Kier alpha value is -2.57. The fourth-order valence-corrected chi connectivity index (χ4v) is 5.19. The molecule has 1 saturated carbocycles. The van der Waals surface area contributed by atoms with Crippen LogP contribution in [0, 0.1) is 0 Å². The maximum atomic E-state index is 12.6. The van der Waals surface area contributed by atoms with E-state index in [2.05, 4.69) is 56.3 Å². The Labute approximate surface area is 197 Å². The molecule has 0 radical (unpaired) electrons. The van der Waals surface area contributed by atoms with Crippen molar-refractivity contribution in [1.82, 2.24) is 20.1 Å². The minimum absolute atomic E-state index is 0.00853. The number of carbonyl (C=O) groups is 1. The van der Waals surface area contributed by atoms with Crippen LogP contribution in [-0.4, -0.2) is 39.8 Å². The molecule has 1 saturated heterocycles. The molecule has 2 aromatic carbocycles. The lowest BCUT2D eigenvalue weighted by Crippen LogP contribution is -2.45. The van der Waals surface area contributed by atoms with Crippen LogP contribution in [-0.2, 0) is 12.5 Å². The van der Waals surface area contributed by atoms with Crippen LogP contribution in [0.2, 0.25) is 10.0 Å². The Morgan fingerprint density at radius 2 is 1.78 bits per heavy atom. The van der Waals surface area contributed by atoms with Crippen LogP contribution >= 0.6 is 23.2 Å². The first-order chi connectivity index (χ1) is 15.5. The monoisotopic (exact) mass is 469 g/mol. The maximum absolute atomic E-state index is 12.6. The second kappa shape index (κ2) is 8.41. The van der Waals surface area contributed by atoms with Crippen molar-refractivity contribution in [2.24, 2.45) is 7.05 Å². The summed E-state index contributed by atoms with van der Waals surface area (Å²) in [4.78, 5) is 14.9. The van der Waals surface area contributed by atoms with Crippen molar-refractivity contribution in [2.75, 3.05) is 18.0 Å². The standard InChI is InChI=1S/C24H25Cl2N5O/c1-30-22(24(11-12-24)16-5-3-2-4-6-16)28-29-23(30)31-13-9-18(10-14-31)27-21(32)19-8-7-17(25)15-20(19)26/h2-8,15,18H,9-14H2,1H3,(H,27,32). The van der Waals surface area contributed by atoms with Crippen LogP contribution in [0.15, 0.2) is 48.5 Å². The molecule has 0 unspecified atom stereocenters. The van der Waals surface area contributed by atoms with Gasteiger partial charge in [0.15, 0.2) is 0 Å². The average molecular weight is 470 g/mol. The number of hydrogen-bond acceptors (Lipinski definition) is 4. The number of aromatic nitrogens is 3. The zero-order valence-electron chi connectivity index (χ0n) is 17.9. The fourth-order valence-electron chi connectivity index (χ4n) is 4.70. The second-order valence-electron chi connectivity index (χ2n) is 8.69. The summed E-state index contributed by atoms with van der Waals surface area (Å²) in [7, 11) is 2.06. The number of hydrogen-bond donors (Lipinski definition) is 1. The van der Waals surface area contributed by atoms with Gasteiger partial charge in [-0.15, -0.1) is 10.2 Å². The summed E-state index contributed by atoms with van der Waals surface area (Å²) < 4.78 is 2.15. The summed E-state index contributed by atoms with van der Waals surface area (Å²) >= 11 is 12.1. The minimum atomic E-state index is -0.162. The Morgan fingerprint density at radius 1 is 1.06 bits per heavy atom. The lowest BCUT2D eigenvalue weighted by atomic mass is 9.95. The van der Waals surface area contributed by atoms with Gasteiger partial charge in [0.25, 0.3) is 5.91 Å². The molecule has 5 rings (SSSR count). The third-order valence-electron chi connectivity index (χ3n) is 6.65. The summed E-state index contributed by atoms with van der Waals surface area (Å²) in [6.07, 6.45) is 3.88. The van der Waals surface area contributed by atoms with Crippen LogP contribution in [0.4, 0.5) is 5.95 Å². The predicted octanol–water partition coefficient (Wildman–Crippen LogP) is 4.60. The van der Waals surface area contributed by atoms with Crippen LogP contribution in [0.1, 0.15) is 47.4 Å². The molecule has 3 aromatic rings. The first-order valence-electron chi connectivity index (χ1n) is 10.9. The van der Waals surface area contributed by atoms with E-state index in [9.17, 15) is 4.79 Å². The number of anilines is 1. The smallest absolute Gasteiger partial charge is 0.253 e. The van der Waals surface area contributed by atoms with Gasteiger partial charge in [-0.2, -0.15) is 0 Å². The van der Waals surface area contributed by atoms with Gasteiger partial charge < -0.3 is 10.2 Å². The van der Waals surface area contributed by atoms with Gasteiger partial charge in [0.2, 0.25) is 5.95 Å². The van der Waals surface area contributed by atoms with Crippen LogP contribution in [0.5, 0.6) is 0 Å². The number of piperidine rings is 1. The van der Waals surface area contributed by atoms with E-state index in [1.165, 1.54) is 5.56 Å². The van der Waals surface area contributed by atoms with Crippen molar-refractivity contribution < 1.29 is 4.79 Å². The molecule has 6 nitrogen and oxygen atoms in total. The van der Waals surface area contributed by atoms with Gasteiger partial charge in [-0.05, 0) is 49.4 Å². The number of rotatable bonds is 5. The largest absolute Gasteiger partial charge is 0.349 e. The average Bonchev–Trinajstić information content (AvgIpc) is 3.51. The molecule has 166 valence electrons. The Morgan fingerprint density at radius 3 is 2.44 bits per heavy atom. The molecule has 2 heterocycles. The van der Waals surface area contributed by atoms with Crippen molar-refractivity contribution in [2.45, 2.75) is 37.1 Å². The third-order valence-corrected chi connectivity index (χ3v) is 7.19. The van der Waals surface area contributed by atoms with E-state index >= 15 is 0 Å². The third kappa shape index (κ3) is 3.86. The molecule has 1 aliphatic carbocycles. The molecule has 1 amide bonds. The number of benzene rings is 2. The topological polar surface area (TPSA) is 63.0 Å². The normalized spacial score (nSPS) is 17.9. The zero-order valence-corrected chi connectivity index (χ0v) is 19.4. The molecule has 2 aliphatic rings. The zero-order chi connectivity index (χ0) is 22.3. The van der Waals surface area contributed by atoms with Gasteiger partial charge >= 0.3 is 0 Å². The molecule has 8 heteroatoms. The maximum Gasteiger partial charge on any atom is 0.253 e. The van der Waals surface area contributed by atoms with E-state index in [1.54, 1.807) is 18.2 Å². The first-order valence-corrected chi connectivity index (χ1v) is 11.7. The van der Waals surface area contributed by atoms with Gasteiger partial charge in [-0.3, -0.25) is 9.36 Å². The van der Waals surface area contributed by atoms with Crippen LogP contribution in [0.3, 0.4) is 0 Å². The summed E-state index contributed by atoms with van der Waals surface area (Å²) in [5.74, 6) is 1.77. The Balaban J connectivity index is 1.24. The van der Waals surface area contributed by atoms with Crippen molar-refractivity contribution >= 4 is 35.1 Å². The first kappa shape index (κ1) is 21.3. The van der Waals surface area contributed by atoms with Crippen molar-refractivity contribution in [3.63, 3.8) is 0 Å². The van der Waals surface area contributed by atoms with Gasteiger partial charge in [0.1, 0.15) is 5.82 Å². The van der Waals surface area contributed by atoms with Gasteiger partial charge in [-0.1, -0.05) is 53.5 Å². The highest BCUT2D eigenvalue weighted by molar-refractivity contribution is 6.36. The summed E-state index contributed by atoms with van der Waals surface area (Å²) in [5, 5.41) is 13.1. The molecule has 32 heavy (non-hydrogen) atoms. The van der Waals surface area contributed by atoms with E-state index in [-0.39, 0.29) is 17.4 Å². The molecule has 1 N–H and O–H groups in total. The summed E-state index contributed by atoms with van der Waals surface area (Å²) in [5.41, 5.74) is 1.75. The van der Waals surface area contributed by atoms with Crippen LogP contribution in [0.25, 0.3) is 0 Å². The highest BCUT2D eigenvalue weighted by Gasteiger charge is 2.50. The number of halogens is 2. The van der Waals surface area contributed by atoms with Gasteiger partial charge in [0.05, 0.1) is 16.0 Å². The molecular formula is C24H25Cl2N5O. The second-order valence-corrected chi connectivity index (χ2v) is 9.53. The SMILES string of the molecule is Cn1c(N2CCC(NC(=O)c3ccc(Cl)cc3Cl)CC2)nnc1C1(c2ccccc2)CC1. The highest BCUT2D eigenvalue weighted by Crippen LogP contribution is 2.52. The quantitative estimate of drug-likeness (QED) is 0.592. The van der Waals surface area contributed by atoms with Crippen molar-refractivity contribution in [3.05, 3.63) is 75.5 Å². The van der Waals surface area contributed by atoms with Crippen molar-refractivity contribution in [3.8, 4) is 0 Å². The number of nitrogens with zero attached hydrogens (tertiary/aromatic N) is 4. The predicted molar refractivity (Wildman–Crippen MR) is 127 cm³/mol. The van der Waals surface area contributed by atoms with Crippen molar-refractivity contribution in [1.29, 1.82) is 0 Å². The minimum Gasteiger partial charge on any atom is -0.349 e. The molecule has 1 aromatic heterocycles. The molecule has 0 atom stereocenters. The fraction of sp³-hybridized carbons (Fsp3) is 0.375. The molecule has 2 fully saturated rings.